The third-order valence-corrected chi connectivity index (χ3v) is 2.62. The lowest BCUT2D eigenvalue weighted by atomic mass is 10.1. The van der Waals surface area contributed by atoms with E-state index in [4.69, 9.17) is 10.5 Å². The molecule has 4 heteroatoms. The quantitative estimate of drug-likeness (QED) is 0.834. The van der Waals surface area contributed by atoms with E-state index >= 15 is 0 Å². The van der Waals surface area contributed by atoms with Crippen molar-refractivity contribution in [1.82, 2.24) is 4.98 Å². The topological polar surface area (TPSA) is 65.2 Å². The van der Waals surface area contributed by atoms with Crippen molar-refractivity contribution in [3.63, 3.8) is 0 Å². The lowest BCUT2D eigenvalue weighted by molar-refractivity contribution is 0.0987. The number of benzene rings is 1. The largest absolute Gasteiger partial charge is 0.496 e. The zero-order valence-electron chi connectivity index (χ0n) is 10.1. The first kappa shape index (κ1) is 12.1. The van der Waals surface area contributed by atoms with E-state index in [-0.39, 0.29) is 12.2 Å². The van der Waals surface area contributed by atoms with E-state index in [9.17, 15) is 4.79 Å². The van der Waals surface area contributed by atoms with E-state index in [0.717, 1.165) is 5.56 Å². The van der Waals surface area contributed by atoms with E-state index in [1.807, 2.05) is 24.3 Å². The van der Waals surface area contributed by atoms with Gasteiger partial charge in [-0.15, -0.1) is 0 Å². The molecule has 0 amide bonds. The Balaban J connectivity index is 2.18. The molecule has 0 aliphatic carbocycles. The molecule has 92 valence electrons. The number of pyridine rings is 1. The number of hydrogen-bond acceptors (Lipinski definition) is 4. The first-order valence-corrected chi connectivity index (χ1v) is 5.57. The summed E-state index contributed by atoms with van der Waals surface area (Å²) in [7, 11) is 1.59. The molecule has 1 heterocycles. The molecule has 0 atom stereocenters. The van der Waals surface area contributed by atoms with Crippen molar-refractivity contribution in [3.8, 4) is 5.75 Å². The van der Waals surface area contributed by atoms with Crippen LogP contribution in [0.5, 0.6) is 5.75 Å². The van der Waals surface area contributed by atoms with E-state index in [1.165, 1.54) is 6.20 Å². The molecule has 0 aliphatic heterocycles. The molecular formula is C14H14N2O2. The van der Waals surface area contributed by atoms with Gasteiger partial charge in [0.15, 0.2) is 5.78 Å². The molecule has 1 aromatic carbocycles. The Morgan fingerprint density at radius 1 is 1.28 bits per heavy atom. The number of methoxy groups -OCH3 is 1. The number of hydrogen-bond donors (Lipinski definition) is 1. The van der Waals surface area contributed by atoms with Gasteiger partial charge in [0.2, 0.25) is 0 Å². The fraction of sp³-hybridized carbons (Fsp3) is 0.143. The van der Waals surface area contributed by atoms with Gasteiger partial charge in [0.25, 0.3) is 0 Å². The predicted octanol–water partition coefficient (Wildman–Crippen LogP) is 2.10. The minimum absolute atomic E-state index is 0.0560. The number of para-hydroxylation sites is 1. The summed E-state index contributed by atoms with van der Waals surface area (Å²) in [6.07, 6.45) is 1.75. The van der Waals surface area contributed by atoms with Crippen LogP contribution in [-0.4, -0.2) is 17.9 Å². The number of nitrogens with zero attached hydrogens (tertiary/aromatic N) is 1. The van der Waals surface area contributed by atoms with Gasteiger partial charge in [0.1, 0.15) is 11.4 Å². The molecule has 0 saturated carbocycles. The molecule has 0 bridgehead atoms. The Hall–Kier alpha value is -2.36. The van der Waals surface area contributed by atoms with Crippen LogP contribution < -0.4 is 10.5 Å². The standard InChI is InChI=1S/C14H14N2O2/c1-18-14-5-3-2-4-10(14)8-13(17)12-7-6-11(15)9-16-12/h2-7,9H,8,15H2,1H3. The molecule has 0 fully saturated rings. The highest BCUT2D eigenvalue weighted by Crippen LogP contribution is 2.19. The minimum Gasteiger partial charge on any atom is -0.496 e. The highest BCUT2D eigenvalue weighted by atomic mass is 16.5. The molecule has 0 aliphatic rings. The maximum atomic E-state index is 12.0. The van der Waals surface area contributed by atoms with Crippen LogP contribution in [-0.2, 0) is 6.42 Å². The SMILES string of the molecule is COc1ccccc1CC(=O)c1ccc(N)cn1. The molecule has 18 heavy (non-hydrogen) atoms. The normalized spacial score (nSPS) is 10.1. The molecule has 2 rings (SSSR count). The Labute approximate surface area is 105 Å². The van der Waals surface area contributed by atoms with Crippen molar-refractivity contribution >= 4 is 11.5 Å². The average Bonchev–Trinajstić information content (AvgIpc) is 2.40. The van der Waals surface area contributed by atoms with Gasteiger partial charge in [-0.2, -0.15) is 0 Å². The van der Waals surface area contributed by atoms with Crippen molar-refractivity contribution in [2.24, 2.45) is 0 Å². The summed E-state index contributed by atoms with van der Waals surface area (Å²) in [4.78, 5) is 16.0. The summed E-state index contributed by atoms with van der Waals surface area (Å²) in [5, 5.41) is 0. The van der Waals surface area contributed by atoms with Crippen molar-refractivity contribution in [1.29, 1.82) is 0 Å². The average molecular weight is 242 g/mol. The zero-order valence-corrected chi connectivity index (χ0v) is 10.1. The fourth-order valence-electron chi connectivity index (χ4n) is 1.68. The first-order chi connectivity index (χ1) is 8.70. The van der Waals surface area contributed by atoms with Gasteiger partial charge in [-0.25, -0.2) is 0 Å². The monoisotopic (exact) mass is 242 g/mol. The molecule has 0 radical (unpaired) electrons. The van der Waals surface area contributed by atoms with Crippen LogP contribution in [0.4, 0.5) is 5.69 Å². The van der Waals surface area contributed by atoms with Crippen LogP contribution in [0.25, 0.3) is 0 Å². The number of aromatic nitrogens is 1. The van der Waals surface area contributed by atoms with E-state index < -0.39 is 0 Å². The maximum Gasteiger partial charge on any atom is 0.185 e. The third-order valence-electron chi connectivity index (χ3n) is 2.62. The first-order valence-electron chi connectivity index (χ1n) is 5.57. The number of carbonyl (C=O) groups excluding carboxylic acids is 1. The van der Waals surface area contributed by atoms with Gasteiger partial charge in [-0.05, 0) is 18.2 Å². The Morgan fingerprint density at radius 3 is 2.72 bits per heavy atom. The maximum absolute atomic E-state index is 12.0. The Morgan fingerprint density at radius 2 is 2.06 bits per heavy atom. The molecule has 1 aromatic heterocycles. The van der Waals surface area contributed by atoms with Crippen LogP contribution in [0.3, 0.4) is 0 Å². The number of ether oxygens (including phenoxy) is 1. The van der Waals surface area contributed by atoms with Gasteiger partial charge < -0.3 is 10.5 Å². The lowest BCUT2D eigenvalue weighted by Crippen LogP contribution is -2.07. The van der Waals surface area contributed by atoms with E-state index in [2.05, 4.69) is 4.98 Å². The van der Waals surface area contributed by atoms with Crippen molar-refractivity contribution in [2.75, 3.05) is 12.8 Å². The van der Waals surface area contributed by atoms with Crippen molar-refractivity contribution < 1.29 is 9.53 Å². The summed E-state index contributed by atoms with van der Waals surface area (Å²) in [5.74, 6) is 0.654. The van der Waals surface area contributed by atoms with Crippen molar-refractivity contribution in [3.05, 3.63) is 53.9 Å². The van der Waals surface area contributed by atoms with Crippen LogP contribution >= 0.6 is 0 Å². The van der Waals surface area contributed by atoms with Gasteiger partial charge in [0.05, 0.1) is 19.0 Å². The van der Waals surface area contributed by atoms with E-state index in [1.54, 1.807) is 19.2 Å². The number of carbonyl (C=O) groups is 1. The highest BCUT2D eigenvalue weighted by molar-refractivity contribution is 5.96. The van der Waals surface area contributed by atoms with Gasteiger partial charge in [-0.3, -0.25) is 9.78 Å². The van der Waals surface area contributed by atoms with Gasteiger partial charge >= 0.3 is 0 Å². The minimum atomic E-state index is -0.0560. The van der Waals surface area contributed by atoms with Crippen LogP contribution in [0.1, 0.15) is 16.1 Å². The van der Waals surface area contributed by atoms with Crippen LogP contribution in [0, 0.1) is 0 Å². The van der Waals surface area contributed by atoms with Crippen molar-refractivity contribution in [2.45, 2.75) is 6.42 Å². The third kappa shape index (κ3) is 2.66. The lowest BCUT2D eigenvalue weighted by Gasteiger charge is -2.07. The summed E-state index contributed by atoms with van der Waals surface area (Å²) < 4.78 is 5.21. The molecule has 2 N–H and O–H groups in total. The molecule has 0 spiro atoms. The second-order valence-corrected chi connectivity index (χ2v) is 3.89. The van der Waals surface area contributed by atoms with Gasteiger partial charge in [-0.1, -0.05) is 18.2 Å². The number of rotatable bonds is 4. The molecule has 0 saturated heterocycles. The zero-order chi connectivity index (χ0) is 13.0. The summed E-state index contributed by atoms with van der Waals surface area (Å²) >= 11 is 0. The second-order valence-electron chi connectivity index (χ2n) is 3.89. The number of nitrogens with two attached hydrogens (primary N) is 1. The fourth-order valence-corrected chi connectivity index (χ4v) is 1.68. The van der Waals surface area contributed by atoms with Crippen LogP contribution in [0.15, 0.2) is 42.6 Å². The summed E-state index contributed by atoms with van der Waals surface area (Å²) in [6, 6.07) is 10.7. The second kappa shape index (κ2) is 5.31. The number of Topliss-reactive ketones (excluding diaryl/α,β-unsaturated/α-hetero) is 1. The highest BCUT2D eigenvalue weighted by Gasteiger charge is 2.11. The number of nitrogen functional groups attached to an aromatic ring is 1. The smallest absolute Gasteiger partial charge is 0.185 e. The Bertz CT molecular complexity index is 550. The predicted molar refractivity (Wildman–Crippen MR) is 69.7 cm³/mol. The number of ketones is 1. The summed E-state index contributed by atoms with van der Waals surface area (Å²) in [6.45, 7) is 0. The molecular weight excluding hydrogens is 228 g/mol. The van der Waals surface area contributed by atoms with Crippen LogP contribution in [0.2, 0.25) is 0 Å². The van der Waals surface area contributed by atoms with E-state index in [0.29, 0.717) is 17.1 Å². The molecule has 4 nitrogen and oxygen atoms in total. The molecule has 0 unspecified atom stereocenters. The number of anilines is 1. The summed E-state index contributed by atoms with van der Waals surface area (Å²) in [5.41, 5.74) is 7.34. The Kier molecular flexibility index (Phi) is 3.57. The van der Waals surface area contributed by atoms with Gasteiger partial charge in [0, 0.05) is 12.0 Å². The molecule has 2 aromatic rings.